The Balaban J connectivity index is 0.995. The van der Waals surface area contributed by atoms with Crippen LogP contribution in [0.1, 0.15) is 22.3 Å². The second-order valence-electron chi connectivity index (χ2n) is 19.1. The molecule has 0 radical (unpaired) electrons. The van der Waals surface area contributed by atoms with Crippen molar-refractivity contribution >= 4 is 49.8 Å². The fourth-order valence-electron chi connectivity index (χ4n) is 11.9. The molecule has 1 aliphatic carbocycles. The Morgan fingerprint density at radius 3 is 1.44 bits per heavy atom. The van der Waals surface area contributed by atoms with Gasteiger partial charge in [-0.05, 0) is 120 Å². The first-order valence-corrected chi connectivity index (χ1v) is 25.2. The molecule has 14 rings (SSSR count). The molecule has 0 saturated carbocycles. The van der Waals surface area contributed by atoms with Crippen LogP contribution in [0.4, 0.5) is 17.1 Å². The predicted molar refractivity (Wildman–Crippen MR) is 305 cm³/mol. The van der Waals surface area contributed by atoms with Crippen molar-refractivity contribution in [2.24, 2.45) is 0 Å². The van der Waals surface area contributed by atoms with E-state index in [1.807, 2.05) is 0 Å². The summed E-state index contributed by atoms with van der Waals surface area (Å²) in [5, 5.41) is 4.35. The van der Waals surface area contributed by atoms with Gasteiger partial charge in [0.15, 0.2) is 0 Å². The van der Waals surface area contributed by atoms with E-state index in [1.54, 1.807) is 0 Å². The largest absolute Gasteiger partial charge is 0.455 e. The van der Waals surface area contributed by atoms with Crippen molar-refractivity contribution in [2.75, 3.05) is 4.90 Å². The van der Waals surface area contributed by atoms with Gasteiger partial charge < -0.3 is 9.32 Å². The van der Waals surface area contributed by atoms with Crippen LogP contribution in [-0.2, 0) is 5.41 Å². The van der Waals surface area contributed by atoms with Crippen LogP contribution in [0.25, 0.3) is 88.3 Å². The van der Waals surface area contributed by atoms with Crippen molar-refractivity contribution in [1.82, 2.24) is 0 Å². The zero-order valence-corrected chi connectivity index (χ0v) is 40.0. The third-order valence-electron chi connectivity index (χ3n) is 15.2. The standard InChI is InChI=1S/C71H47NO/c1-6-20-48(21-7-1)50-36-38-52(39-37-50)58-32-18-34-64-68(58)62-45-42-53(46-65(62)71(64,54-24-10-3-11-25-54)55-26-12-4-13-27-55)59-33-19-35-67-69(59)63-47-66(60-30-16-17-31-61(60)70(63)73-67)72(56-28-14-5-15-29-56)57-43-40-51(41-44-57)49-22-8-2-9-23-49/h1-47H. The van der Waals surface area contributed by atoms with Crippen LogP contribution in [0, 0.1) is 0 Å². The third kappa shape index (κ3) is 6.87. The molecule has 2 heteroatoms. The molecule has 342 valence electrons. The second-order valence-corrected chi connectivity index (χ2v) is 19.1. The Morgan fingerprint density at radius 1 is 0.301 bits per heavy atom. The highest BCUT2D eigenvalue weighted by Gasteiger charge is 2.47. The number of anilines is 3. The Morgan fingerprint density at radius 2 is 0.795 bits per heavy atom. The summed E-state index contributed by atoms with van der Waals surface area (Å²) in [5.74, 6) is 0. The summed E-state index contributed by atoms with van der Waals surface area (Å²) in [6.45, 7) is 0. The van der Waals surface area contributed by atoms with Gasteiger partial charge in [-0.3, -0.25) is 0 Å². The van der Waals surface area contributed by atoms with E-state index in [-0.39, 0.29) is 0 Å². The summed E-state index contributed by atoms with van der Waals surface area (Å²) in [7, 11) is 0. The third-order valence-corrected chi connectivity index (χ3v) is 15.2. The average molecular weight is 930 g/mol. The van der Waals surface area contributed by atoms with E-state index in [0.29, 0.717) is 0 Å². The maximum absolute atomic E-state index is 7.04. The molecule has 0 unspecified atom stereocenters. The summed E-state index contributed by atoms with van der Waals surface area (Å²) < 4.78 is 7.04. The molecular formula is C71H47NO. The van der Waals surface area contributed by atoms with Crippen molar-refractivity contribution in [3.63, 3.8) is 0 Å². The van der Waals surface area contributed by atoms with E-state index in [2.05, 4.69) is 290 Å². The SMILES string of the molecule is c1ccc(-c2ccc(-c3cccc4c3-c3ccc(-c5cccc6oc7c8ccccc8c(N(c8ccccc8)c8ccc(-c9ccccc9)cc8)cc7c56)cc3C4(c3ccccc3)c3ccccc3)cc2)cc1. The number of furan rings is 1. The lowest BCUT2D eigenvalue weighted by atomic mass is 9.67. The molecule has 0 fully saturated rings. The number of para-hydroxylation sites is 1. The maximum Gasteiger partial charge on any atom is 0.143 e. The molecule has 0 spiro atoms. The fraction of sp³-hybridized carbons (Fsp3) is 0.0141. The van der Waals surface area contributed by atoms with Crippen molar-refractivity contribution in [1.29, 1.82) is 0 Å². The minimum absolute atomic E-state index is 0.606. The van der Waals surface area contributed by atoms with Crippen molar-refractivity contribution < 1.29 is 4.42 Å². The zero-order valence-electron chi connectivity index (χ0n) is 40.0. The smallest absolute Gasteiger partial charge is 0.143 e. The van der Waals surface area contributed by atoms with Gasteiger partial charge in [-0.15, -0.1) is 0 Å². The highest BCUT2D eigenvalue weighted by Crippen LogP contribution is 2.59. The van der Waals surface area contributed by atoms with Crippen molar-refractivity contribution in [3.05, 3.63) is 307 Å². The number of hydrogen-bond donors (Lipinski definition) is 0. The molecule has 1 aromatic heterocycles. The molecule has 0 N–H and O–H groups in total. The second kappa shape index (κ2) is 17.4. The molecule has 73 heavy (non-hydrogen) atoms. The molecule has 0 bridgehead atoms. The highest BCUT2D eigenvalue weighted by molar-refractivity contribution is 6.22. The Hall–Kier alpha value is -9.50. The Bertz CT molecular complexity index is 4110. The molecule has 1 heterocycles. The van der Waals surface area contributed by atoms with Gasteiger partial charge >= 0.3 is 0 Å². The monoisotopic (exact) mass is 929 g/mol. The topological polar surface area (TPSA) is 16.4 Å². The summed E-state index contributed by atoms with van der Waals surface area (Å²) in [5.41, 5.74) is 21.4. The molecule has 0 aliphatic heterocycles. The first kappa shape index (κ1) is 42.4. The molecule has 0 amide bonds. The van der Waals surface area contributed by atoms with E-state index < -0.39 is 5.41 Å². The highest BCUT2D eigenvalue weighted by atomic mass is 16.3. The van der Waals surface area contributed by atoms with Gasteiger partial charge in [0.2, 0.25) is 0 Å². The summed E-state index contributed by atoms with van der Waals surface area (Å²) >= 11 is 0. The molecule has 1 aliphatic rings. The molecule has 2 nitrogen and oxygen atoms in total. The van der Waals surface area contributed by atoms with Crippen LogP contribution >= 0.6 is 0 Å². The van der Waals surface area contributed by atoms with Gasteiger partial charge in [-0.25, -0.2) is 0 Å². The summed E-state index contributed by atoms with van der Waals surface area (Å²) in [6, 6.07) is 104. The normalized spacial score (nSPS) is 12.5. The van der Waals surface area contributed by atoms with Crippen LogP contribution in [-0.4, -0.2) is 0 Å². The Labute approximate surface area is 425 Å². The molecular weight excluding hydrogens is 883 g/mol. The van der Waals surface area contributed by atoms with Gasteiger partial charge in [0.05, 0.1) is 11.1 Å². The summed E-state index contributed by atoms with van der Waals surface area (Å²) in [6.07, 6.45) is 0. The van der Waals surface area contributed by atoms with Crippen molar-refractivity contribution in [2.45, 2.75) is 5.41 Å². The first-order chi connectivity index (χ1) is 36.2. The van der Waals surface area contributed by atoms with E-state index in [4.69, 9.17) is 4.42 Å². The minimum atomic E-state index is -0.606. The average Bonchev–Trinajstić information content (AvgIpc) is 4.01. The number of nitrogens with zero attached hydrogens (tertiary/aromatic N) is 1. The zero-order chi connectivity index (χ0) is 48.3. The molecule has 12 aromatic carbocycles. The number of hydrogen-bond acceptors (Lipinski definition) is 2. The van der Waals surface area contributed by atoms with E-state index in [0.717, 1.165) is 60.9 Å². The van der Waals surface area contributed by atoms with Crippen molar-refractivity contribution in [3.8, 4) is 55.6 Å². The first-order valence-electron chi connectivity index (χ1n) is 25.2. The lowest BCUT2D eigenvalue weighted by molar-refractivity contribution is 0.673. The van der Waals surface area contributed by atoms with E-state index in [9.17, 15) is 0 Å². The van der Waals surface area contributed by atoms with Gasteiger partial charge in [-0.2, -0.15) is 0 Å². The van der Waals surface area contributed by atoms with E-state index in [1.165, 1.54) is 66.8 Å². The lowest BCUT2D eigenvalue weighted by Gasteiger charge is -2.34. The number of rotatable bonds is 9. The number of fused-ring (bicyclic) bond motifs is 8. The van der Waals surface area contributed by atoms with Gasteiger partial charge in [-0.1, -0.05) is 243 Å². The maximum atomic E-state index is 7.04. The predicted octanol–water partition coefficient (Wildman–Crippen LogP) is 19.2. The van der Waals surface area contributed by atoms with Crippen LogP contribution in [0.5, 0.6) is 0 Å². The lowest BCUT2D eigenvalue weighted by Crippen LogP contribution is -2.28. The van der Waals surface area contributed by atoms with Crippen LogP contribution in [0.3, 0.4) is 0 Å². The Kier molecular flexibility index (Phi) is 10.1. The van der Waals surface area contributed by atoms with E-state index >= 15 is 0 Å². The molecule has 0 atom stereocenters. The minimum Gasteiger partial charge on any atom is -0.455 e. The number of benzene rings is 12. The summed E-state index contributed by atoms with van der Waals surface area (Å²) in [4.78, 5) is 2.39. The van der Waals surface area contributed by atoms with Crippen LogP contribution in [0.2, 0.25) is 0 Å². The fourth-order valence-corrected chi connectivity index (χ4v) is 11.9. The van der Waals surface area contributed by atoms with Gasteiger partial charge in [0, 0.05) is 32.9 Å². The van der Waals surface area contributed by atoms with Crippen LogP contribution in [0.15, 0.2) is 290 Å². The molecule has 0 saturated heterocycles. The van der Waals surface area contributed by atoms with Gasteiger partial charge in [0.25, 0.3) is 0 Å². The molecule has 13 aromatic rings. The van der Waals surface area contributed by atoms with Crippen LogP contribution < -0.4 is 4.90 Å². The van der Waals surface area contributed by atoms with Gasteiger partial charge in [0.1, 0.15) is 11.2 Å². The quantitative estimate of drug-likeness (QED) is 0.143.